The van der Waals surface area contributed by atoms with Crippen LogP contribution in [0.4, 0.5) is 14.9 Å². The van der Waals surface area contributed by atoms with E-state index in [2.05, 4.69) is 15.5 Å². The van der Waals surface area contributed by atoms with Crippen molar-refractivity contribution in [1.82, 2.24) is 15.5 Å². The summed E-state index contributed by atoms with van der Waals surface area (Å²) >= 11 is 0. The lowest BCUT2D eigenvalue weighted by molar-refractivity contribution is -0.133. The van der Waals surface area contributed by atoms with Gasteiger partial charge in [0.05, 0.1) is 11.7 Å². The van der Waals surface area contributed by atoms with Gasteiger partial charge in [0.2, 0.25) is 5.91 Å². The summed E-state index contributed by atoms with van der Waals surface area (Å²) in [6, 6.07) is 4.79. The van der Waals surface area contributed by atoms with Gasteiger partial charge >= 0.3 is 6.03 Å². The van der Waals surface area contributed by atoms with Crippen LogP contribution < -0.4 is 15.5 Å². The van der Waals surface area contributed by atoms with Gasteiger partial charge in [0.25, 0.3) is 5.91 Å². The highest BCUT2D eigenvalue weighted by atomic mass is 19.1. The van der Waals surface area contributed by atoms with E-state index in [1.807, 2.05) is 11.0 Å². The lowest BCUT2D eigenvalue weighted by Gasteiger charge is -2.39. The van der Waals surface area contributed by atoms with Crippen molar-refractivity contribution < 1.29 is 18.8 Å². The second-order valence-corrected chi connectivity index (χ2v) is 8.29. The molecule has 0 aromatic heterocycles. The van der Waals surface area contributed by atoms with E-state index in [4.69, 9.17) is 0 Å². The molecule has 148 valence electrons. The fourth-order valence-corrected chi connectivity index (χ4v) is 5.06. The van der Waals surface area contributed by atoms with Crippen molar-refractivity contribution in [3.63, 3.8) is 0 Å². The van der Waals surface area contributed by atoms with Gasteiger partial charge in [-0.1, -0.05) is 12.1 Å². The van der Waals surface area contributed by atoms with Crippen LogP contribution in [0.2, 0.25) is 0 Å². The van der Waals surface area contributed by atoms with Gasteiger partial charge in [-0.2, -0.15) is 0 Å². The van der Waals surface area contributed by atoms with Crippen LogP contribution in [0.5, 0.6) is 0 Å². The van der Waals surface area contributed by atoms with Crippen LogP contribution in [-0.4, -0.2) is 54.0 Å². The highest BCUT2D eigenvalue weighted by molar-refractivity contribution is 6.07. The zero-order valence-electron chi connectivity index (χ0n) is 15.5. The van der Waals surface area contributed by atoms with Crippen LogP contribution >= 0.6 is 0 Å². The number of amides is 4. The van der Waals surface area contributed by atoms with Gasteiger partial charge in [-0.25, -0.2) is 9.18 Å². The number of halogens is 1. The molecule has 4 aliphatic rings. The molecule has 1 aliphatic carbocycles. The average Bonchev–Trinajstić information content (AvgIpc) is 3.39. The zero-order valence-corrected chi connectivity index (χ0v) is 15.5. The Balaban J connectivity index is 1.24. The first-order chi connectivity index (χ1) is 13.5. The van der Waals surface area contributed by atoms with Gasteiger partial charge in [0.15, 0.2) is 0 Å². The predicted octanol–water partition coefficient (Wildman–Crippen LogP) is 1.17. The minimum Gasteiger partial charge on any atom is -0.362 e. The van der Waals surface area contributed by atoms with Gasteiger partial charge in [-0.15, -0.1) is 0 Å². The van der Waals surface area contributed by atoms with Gasteiger partial charge in [0.1, 0.15) is 11.4 Å². The highest BCUT2D eigenvalue weighted by Gasteiger charge is 2.55. The SMILES string of the molecule is O=C1NC(=O)[C@](CCC(=O)N2CCN3c4c(F)cccc4CC3C2)(C2CC2)N1. The molecule has 7 nitrogen and oxygen atoms in total. The van der Waals surface area contributed by atoms with Crippen molar-refractivity contribution in [2.45, 2.75) is 43.7 Å². The molecule has 2 atom stereocenters. The predicted molar refractivity (Wildman–Crippen MR) is 99.2 cm³/mol. The van der Waals surface area contributed by atoms with Crippen molar-refractivity contribution in [2.75, 3.05) is 24.5 Å². The second-order valence-electron chi connectivity index (χ2n) is 8.29. The molecule has 28 heavy (non-hydrogen) atoms. The van der Waals surface area contributed by atoms with E-state index in [9.17, 15) is 18.8 Å². The number of benzene rings is 1. The molecule has 1 unspecified atom stereocenters. The Morgan fingerprint density at radius 3 is 2.79 bits per heavy atom. The normalized spacial score (nSPS) is 28.7. The third-order valence-electron chi connectivity index (χ3n) is 6.62. The number of fused-ring (bicyclic) bond motifs is 3. The number of carbonyl (C=O) groups is 3. The maximum Gasteiger partial charge on any atom is 0.322 e. The Bertz CT molecular complexity index is 871. The largest absolute Gasteiger partial charge is 0.362 e. The summed E-state index contributed by atoms with van der Waals surface area (Å²) in [5, 5.41) is 5.09. The molecule has 4 amide bonds. The summed E-state index contributed by atoms with van der Waals surface area (Å²) in [5.41, 5.74) is 0.747. The standard InChI is InChI=1S/C20H23FN4O3/c21-15-3-1-2-12-10-14-11-24(8-9-25(14)17(12)15)16(26)6-7-20(13-4-5-13)18(27)22-19(28)23-20/h1-3,13-14H,4-11H2,(H2,22,23,27,28)/t14?,20-/m0/s1. The van der Waals surface area contributed by atoms with Crippen LogP contribution in [0.1, 0.15) is 31.2 Å². The topological polar surface area (TPSA) is 81.8 Å². The van der Waals surface area contributed by atoms with E-state index in [0.29, 0.717) is 31.7 Å². The molecule has 2 N–H and O–H groups in total. The van der Waals surface area contributed by atoms with E-state index < -0.39 is 11.6 Å². The molecule has 2 saturated heterocycles. The fraction of sp³-hybridized carbons (Fsp3) is 0.550. The van der Waals surface area contributed by atoms with Gasteiger partial charge in [-0.05, 0) is 43.2 Å². The molecule has 3 heterocycles. The first kappa shape index (κ1) is 17.5. The van der Waals surface area contributed by atoms with Crippen molar-refractivity contribution in [1.29, 1.82) is 0 Å². The zero-order chi connectivity index (χ0) is 19.5. The Labute approximate surface area is 162 Å². The molecule has 1 aromatic carbocycles. The van der Waals surface area contributed by atoms with E-state index >= 15 is 0 Å². The second kappa shape index (κ2) is 6.18. The molecule has 5 rings (SSSR count). The molecule has 0 radical (unpaired) electrons. The number of hydrogen-bond donors (Lipinski definition) is 2. The summed E-state index contributed by atoms with van der Waals surface area (Å²) < 4.78 is 14.2. The Morgan fingerprint density at radius 1 is 1.25 bits per heavy atom. The van der Waals surface area contributed by atoms with Crippen LogP contribution in [0.25, 0.3) is 0 Å². The quantitative estimate of drug-likeness (QED) is 0.761. The molecule has 8 heteroatoms. The summed E-state index contributed by atoms with van der Waals surface area (Å²) in [5.74, 6) is -0.394. The minimum absolute atomic E-state index is 0.00921. The lowest BCUT2D eigenvalue weighted by atomic mass is 9.87. The van der Waals surface area contributed by atoms with E-state index in [1.54, 1.807) is 6.07 Å². The number of hydrogen-bond acceptors (Lipinski definition) is 4. The molecule has 3 aliphatic heterocycles. The minimum atomic E-state index is -0.929. The Kier molecular flexibility index (Phi) is 3.86. The van der Waals surface area contributed by atoms with E-state index in [0.717, 1.165) is 24.8 Å². The van der Waals surface area contributed by atoms with Crippen LogP contribution in [0.3, 0.4) is 0 Å². The number of nitrogens with zero attached hydrogens (tertiary/aromatic N) is 2. The average molecular weight is 386 g/mol. The van der Waals surface area contributed by atoms with E-state index in [1.165, 1.54) is 6.07 Å². The summed E-state index contributed by atoms with van der Waals surface area (Å²) in [4.78, 5) is 40.7. The Hall–Kier alpha value is -2.64. The molecule has 3 fully saturated rings. The number of piperazine rings is 1. The van der Waals surface area contributed by atoms with Crippen molar-refractivity contribution in [2.24, 2.45) is 5.92 Å². The molecule has 0 spiro atoms. The summed E-state index contributed by atoms with van der Waals surface area (Å²) in [7, 11) is 0. The summed E-state index contributed by atoms with van der Waals surface area (Å²) in [6.45, 7) is 1.70. The number of urea groups is 1. The number of nitrogens with one attached hydrogen (secondary N) is 2. The molecule has 1 saturated carbocycles. The number of carbonyl (C=O) groups excluding carboxylic acids is 3. The van der Waals surface area contributed by atoms with Crippen LogP contribution in [-0.2, 0) is 16.0 Å². The number of imide groups is 1. The lowest BCUT2D eigenvalue weighted by Crippen LogP contribution is -2.54. The molecular formula is C20H23FN4O3. The third kappa shape index (κ3) is 2.65. The number of anilines is 1. The van der Waals surface area contributed by atoms with Gasteiger partial charge in [0, 0.05) is 26.1 Å². The highest BCUT2D eigenvalue weighted by Crippen LogP contribution is 2.44. The monoisotopic (exact) mass is 386 g/mol. The van der Waals surface area contributed by atoms with Crippen molar-refractivity contribution in [3.8, 4) is 0 Å². The maximum absolute atomic E-state index is 14.2. The van der Waals surface area contributed by atoms with E-state index in [-0.39, 0.29) is 36.0 Å². The molecule has 1 aromatic rings. The third-order valence-corrected chi connectivity index (χ3v) is 6.62. The Morgan fingerprint density at radius 2 is 2.07 bits per heavy atom. The van der Waals surface area contributed by atoms with Gasteiger partial charge in [-0.3, -0.25) is 14.9 Å². The summed E-state index contributed by atoms with van der Waals surface area (Å²) in [6.07, 6.45) is 3.08. The maximum atomic E-state index is 14.2. The van der Waals surface area contributed by atoms with Gasteiger partial charge < -0.3 is 15.1 Å². The first-order valence-electron chi connectivity index (χ1n) is 9.93. The fourth-order valence-electron chi connectivity index (χ4n) is 5.06. The van der Waals surface area contributed by atoms with Crippen molar-refractivity contribution in [3.05, 3.63) is 29.6 Å². The number of rotatable bonds is 4. The smallest absolute Gasteiger partial charge is 0.322 e. The molecule has 0 bridgehead atoms. The van der Waals surface area contributed by atoms with Crippen LogP contribution in [0, 0.1) is 11.7 Å². The number of para-hydroxylation sites is 1. The first-order valence-corrected chi connectivity index (χ1v) is 9.93. The molecular weight excluding hydrogens is 363 g/mol. The van der Waals surface area contributed by atoms with Crippen LogP contribution in [0.15, 0.2) is 18.2 Å². The van der Waals surface area contributed by atoms with Crippen molar-refractivity contribution >= 4 is 23.5 Å².